The SMILES string of the molecule is CC(C)(C)OC(=O)N[C@H](CF)[C@H]1CC[C@H](C(=O)N2CC[C@@H](c3ccccc3)[C@H]2C(=O)Nc2ccc3c(c2)cc2n3C(CF)(CF)OC2=O)CC1. The average molecular weight is 697 g/mol. The first-order chi connectivity index (χ1) is 23.9. The molecule has 3 amide bonds. The van der Waals surface area contributed by atoms with Crippen molar-refractivity contribution in [1.82, 2.24) is 14.8 Å². The number of alkyl halides is 3. The number of esters is 1. The van der Waals surface area contributed by atoms with Gasteiger partial charge in [-0.05, 0) is 88.6 Å². The number of aromatic nitrogens is 1. The van der Waals surface area contributed by atoms with E-state index in [0.717, 1.165) is 5.56 Å². The van der Waals surface area contributed by atoms with E-state index in [-0.39, 0.29) is 35.3 Å². The summed E-state index contributed by atoms with van der Waals surface area (Å²) in [5, 5.41) is 6.10. The first-order valence-electron chi connectivity index (χ1n) is 17.1. The fourth-order valence-electron chi connectivity index (χ4n) is 7.74. The van der Waals surface area contributed by atoms with Crippen molar-refractivity contribution in [3.63, 3.8) is 0 Å². The molecule has 3 atom stereocenters. The van der Waals surface area contributed by atoms with Crippen LogP contribution in [0.3, 0.4) is 0 Å². The summed E-state index contributed by atoms with van der Waals surface area (Å²) in [5.41, 5.74) is -1.05. The predicted molar refractivity (Wildman–Crippen MR) is 180 cm³/mol. The second kappa shape index (κ2) is 14.0. The summed E-state index contributed by atoms with van der Waals surface area (Å²) in [6.07, 6.45) is 1.97. The van der Waals surface area contributed by atoms with Crippen LogP contribution in [0.25, 0.3) is 10.9 Å². The van der Waals surface area contributed by atoms with Crippen LogP contribution in [0.15, 0.2) is 54.6 Å². The molecule has 1 saturated carbocycles. The molecule has 0 spiro atoms. The van der Waals surface area contributed by atoms with Gasteiger partial charge in [0.1, 0.15) is 24.0 Å². The summed E-state index contributed by atoms with van der Waals surface area (Å²) in [6, 6.07) is 14.3. The molecule has 2 fully saturated rings. The van der Waals surface area contributed by atoms with E-state index in [4.69, 9.17) is 9.47 Å². The molecule has 10 nitrogen and oxygen atoms in total. The van der Waals surface area contributed by atoms with E-state index in [9.17, 15) is 32.3 Å². The van der Waals surface area contributed by atoms with Gasteiger partial charge in [-0.15, -0.1) is 0 Å². The van der Waals surface area contributed by atoms with E-state index in [1.54, 1.807) is 43.9 Å². The molecule has 2 N–H and O–H groups in total. The Morgan fingerprint density at radius 3 is 2.32 bits per heavy atom. The fraction of sp³-hybridized carbons (Fsp3) is 0.514. The lowest BCUT2D eigenvalue weighted by Gasteiger charge is -2.36. The number of carbonyl (C=O) groups is 4. The highest BCUT2D eigenvalue weighted by Crippen LogP contribution is 2.40. The number of anilines is 1. The molecule has 1 aliphatic carbocycles. The van der Waals surface area contributed by atoms with Crippen LogP contribution in [-0.2, 0) is 24.8 Å². The van der Waals surface area contributed by atoms with Gasteiger partial charge in [-0.1, -0.05) is 30.3 Å². The molecule has 50 heavy (non-hydrogen) atoms. The Morgan fingerprint density at radius 2 is 1.68 bits per heavy atom. The van der Waals surface area contributed by atoms with Crippen LogP contribution in [0.2, 0.25) is 0 Å². The van der Waals surface area contributed by atoms with Crippen molar-refractivity contribution in [1.29, 1.82) is 0 Å². The first kappa shape index (κ1) is 35.3. The van der Waals surface area contributed by atoms with Crippen molar-refractivity contribution in [2.75, 3.05) is 31.9 Å². The summed E-state index contributed by atoms with van der Waals surface area (Å²) < 4.78 is 53.5. The van der Waals surface area contributed by atoms with Gasteiger partial charge in [0.05, 0.1) is 11.6 Å². The van der Waals surface area contributed by atoms with Crippen LogP contribution in [0.5, 0.6) is 0 Å². The summed E-state index contributed by atoms with van der Waals surface area (Å²) in [7, 11) is 0. The lowest BCUT2D eigenvalue weighted by molar-refractivity contribution is -0.141. The Labute approximate surface area is 288 Å². The Balaban J connectivity index is 1.18. The van der Waals surface area contributed by atoms with E-state index < -0.39 is 55.5 Å². The maximum atomic E-state index is 14.1. The Morgan fingerprint density at radius 1 is 0.980 bits per heavy atom. The molecule has 2 aliphatic heterocycles. The van der Waals surface area contributed by atoms with E-state index in [2.05, 4.69) is 10.6 Å². The molecular formula is C37H43F3N4O6. The number of amides is 3. The zero-order chi connectivity index (χ0) is 35.8. The highest BCUT2D eigenvalue weighted by atomic mass is 19.1. The van der Waals surface area contributed by atoms with Gasteiger partial charge in [0.2, 0.25) is 17.5 Å². The Hall–Kier alpha value is -4.55. The standard InChI is InChI=1S/C37H43F3N4O6/c1-36(2,3)50-35(48)42-28(19-38)23-9-11-24(12-10-23)33(46)43-16-15-27(22-7-5-4-6-8-22)31(43)32(45)41-26-13-14-29-25(17-26)18-30-34(47)49-37(20-39,21-40)44(29)30/h4-8,13-14,17-18,23-24,27-28,31H,9-12,15-16,19-21H2,1-3H3,(H,41,45)(H,42,48)/t23-,24-,27-,28+,31-/m0/s1. The number of nitrogens with zero attached hydrogens (tertiary/aromatic N) is 2. The quantitative estimate of drug-likeness (QED) is 0.250. The van der Waals surface area contributed by atoms with Crippen LogP contribution >= 0.6 is 0 Å². The first-order valence-corrected chi connectivity index (χ1v) is 17.1. The van der Waals surface area contributed by atoms with Gasteiger partial charge >= 0.3 is 12.1 Å². The molecule has 268 valence electrons. The molecule has 1 saturated heterocycles. The molecule has 13 heteroatoms. The van der Waals surface area contributed by atoms with Crippen LogP contribution < -0.4 is 10.6 Å². The third-order valence-electron chi connectivity index (χ3n) is 10.1. The molecule has 0 bridgehead atoms. The third kappa shape index (κ3) is 6.78. The molecule has 2 aromatic carbocycles. The number of benzene rings is 2. The molecular weight excluding hydrogens is 653 g/mol. The van der Waals surface area contributed by atoms with Gasteiger partial charge in [-0.2, -0.15) is 0 Å². The van der Waals surface area contributed by atoms with E-state index in [1.165, 1.54) is 10.6 Å². The number of rotatable bonds is 9. The molecule has 3 aromatic rings. The lowest BCUT2D eigenvalue weighted by atomic mass is 9.78. The largest absolute Gasteiger partial charge is 0.444 e. The van der Waals surface area contributed by atoms with E-state index in [0.29, 0.717) is 55.2 Å². The minimum Gasteiger partial charge on any atom is -0.444 e. The van der Waals surface area contributed by atoms with Gasteiger partial charge in [-0.3, -0.25) is 14.2 Å². The Kier molecular flexibility index (Phi) is 9.87. The number of ether oxygens (including phenoxy) is 2. The maximum Gasteiger partial charge on any atom is 0.407 e. The van der Waals surface area contributed by atoms with Gasteiger partial charge in [0.25, 0.3) is 0 Å². The van der Waals surface area contributed by atoms with Crippen LogP contribution in [0.1, 0.15) is 74.8 Å². The van der Waals surface area contributed by atoms with Crippen LogP contribution in [0, 0.1) is 11.8 Å². The average Bonchev–Trinajstić information content (AvgIpc) is 3.79. The van der Waals surface area contributed by atoms with Gasteiger partial charge in [0, 0.05) is 29.5 Å². The monoisotopic (exact) mass is 696 g/mol. The smallest absolute Gasteiger partial charge is 0.407 e. The predicted octanol–water partition coefficient (Wildman–Crippen LogP) is 6.40. The number of halogens is 3. The fourth-order valence-corrected chi connectivity index (χ4v) is 7.74. The topological polar surface area (TPSA) is 119 Å². The normalized spacial score (nSPS) is 23.6. The molecule has 0 unspecified atom stereocenters. The van der Waals surface area contributed by atoms with Crippen molar-refractivity contribution >= 4 is 40.5 Å². The van der Waals surface area contributed by atoms with E-state index >= 15 is 0 Å². The van der Waals surface area contributed by atoms with Crippen LogP contribution in [0.4, 0.5) is 23.7 Å². The Bertz CT molecular complexity index is 1750. The lowest BCUT2D eigenvalue weighted by Crippen LogP contribution is -2.49. The highest BCUT2D eigenvalue weighted by molar-refractivity contribution is 6.02. The molecule has 3 aliphatic rings. The maximum absolute atomic E-state index is 14.1. The number of fused-ring (bicyclic) bond motifs is 3. The third-order valence-corrected chi connectivity index (χ3v) is 10.1. The van der Waals surface area contributed by atoms with Gasteiger partial charge in [-0.25, -0.2) is 22.8 Å². The van der Waals surface area contributed by atoms with Gasteiger partial charge in [0.15, 0.2) is 13.3 Å². The van der Waals surface area contributed by atoms with Crippen molar-refractivity contribution in [2.45, 2.75) is 82.2 Å². The number of hydrogen-bond acceptors (Lipinski definition) is 6. The summed E-state index contributed by atoms with van der Waals surface area (Å²) >= 11 is 0. The van der Waals surface area contributed by atoms with Crippen molar-refractivity contribution < 1.29 is 41.8 Å². The molecule has 1 aromatic heterocycles. The van der Waals surface area contributed by atoms with Crippen molar-refractivity contribution in [2.24, 2.45) is 11.8 Å². The zero-order valence-electron chi connectivity index (χ0n) is 28.4. The number of cyclic esters (lactones) is 1. The number of likely N-dealkylation sites (tertiary alicyclic amines) is 1. The number of carbonyl (C=O) groups excluding carboxylic acids is 4. The van der Waals surface area contributed by atoms with Crippen molar-refractivity contribution in [3.05, 3.63) is 65.9 Å². The number of hydrogen-bond donors (Lipinski definition) is 2. The summed E-state index contributed by atoms with van der Waals surface area (Å²) in [4.78, 5) is 54.6. The molecule has 6 rings (SSSR count). The van der Waals surface area contributed by atoms with Crippen molar-refractivity contribution in [3.8, 4) is 0 Å². The minimum absolute atomic E-state index is 0.0173. The molecule has 0 radical (unpaired) electrons. The van der Waals surface area contributed by atoms with E-state index in [1.807, 2.05) is 30.3 Å². The van der Waals surface area contributed by atoms with Gasteiger partial charge < -0.3 is 25.0 Å². The minimum atomic E-state index is -2.06. The summed E-state index contributed by atoms with van der Waals surface area (Å²) in [5.74, 6) is -2.13. The zero-order valence-corrected chi connectivity index (χ0v) is 28.4. The van der Waals surface area contributed by atoms with Crippen LogP contribution in [-0.4, -0.2) is 77.6 Å². The number of alkyl carbamates (subject to hydrolysis) is 1. The molecule has 3 heterocycles. The summed E-state index contributed by atoms with van der Waals surface area (Å²) in [6.45, 7) is 2.37. The highest BCUT2D eigenvalue weighted by Gasteiger charge is 2.48. The second-order valence-electron chi connectivity index (χ2n) is 14.5. The number of nitrogens with one attached hydrogen (secondary N) is 2. The second-order valence-corrected chi connectivity index (χ2v) is 14.5.